The van der Waals surface area contributed by atoms with Gasteiger partial charge in [-0.1, -0.05) is 11.6 Å². The summed E-state index contributed by atoms with van der Waals surface area (Å²) < 4.78 is 12.7. The zero-order valence-electron chi connectivity index (χ0n) is 6.46. The van der Waals surface area contributed by atoms with Gasteiger partial charge >= 0.3 is 0 Å². The fourth-order valence-corrected chi connectivity index (χ4v) is 1.27. The lowest BCUT2D eigenvalue weighted by Crippen LogP contribution is -2.03. The van der Waals surface area contributed by atoms with Crippen molar-refractivity contribution in [3.63, 3.8) is 0 Å². The van der Waals surface area contributed by atoms with E-state index in [1.165, 1.54) is 0 Å². The molecule has 0 fully saturated rings. The molecule has 0 atom stereocenters. The van der Waals surface area contributed by atoms with Gasteiger partial charge in [0.05, 0.1) is 4.92 Å². The maximum absolute atomic E-state index is 12.7. The maximum atomic E-state index is 12.7. The van der Waals surface area contributed by atoms with Gasteiger partial charge in [0.2, 0.25) is 0 Å². The van der Waals surface area contributed by atoms with Crippen molar-refractivity contribution in [1.29, 1.82) is 0 Å². The summed E-state index contributed by atoms with van der Waals surface area (Å²) in [5, 5.41) is 10.2. The molecule has 6 heteroatoms. The summed E-state index contributed by atoms with van der Waals surface area (Å²) in [6.07, 6.45) is 0. The van der Waals surface area contributed by atoms with E-state index in [1.54, 1.807) is 0 Å². The lowest BCUT2D eigenvalue weighted by molar-refractivity contribution is -0.385. The largest absolute Gasteiger partial charge is 0.326 e. The molecule has 0 aliphatic rings. The average Bonchev–Trinajstić information content (AvgIpc) is 2.01. The zero-order valence-corrected chi connectivity index (χ0v) is 7.21. The molecule has 0 aromatic heterocycles. The van der Waals surface area contributed by atoms with Crippen molar-refractivity contribution in [2.24, 2.45) is 5.73 Å². The van der Waals surface area contributed by atoms with Crippen molar-refractivity contribution in [3.05, 3.63) is 38.7 Å². The topological polar surface area (TPSA) is 69.2 Å². The minimum atomic E-state index is -0.677. The highest BCUT2D eigenvalue weighted by atomic mass is 35.5. The molecule has 1 aromatic rings. The first kappa shape index (κ1) is 9.88. The van der Waals surface area contributed by atoms with Crippen LogP contribution < -0.4 is 5.73 Å². The van der Waals surface area contributed by atoms with Crippen molar-refractivity contribution < 1.29 is 9.31 Å². The zero-order chi connectivity index (χ0) is 10.0. The molecular weight excluding hydrogens is 199 g/mol. The Hall–Kier alpha value is -1.20. The SMILES string of the molecule is NCc1cc(F)cc(Cl)c1[N+](=O)[O-]. The predicted molar refractivity (Wildman–Crippen MR) is 46.0 cm³/mol. The number of nitrogens with zero attached hydrogens (tertiary/aromatic N) is 1. The minimum Gasteiger partial charge on any atom is -0.326 e. The van der Waals surface area contributed by atoms with Gasteiger partial charge in [-0.05, 0) is 12.1 Å². The van der Waals surface area contributed by atoms with Crippen LogP contribution in [0.2, 0.25) is 5.02 Å². The van der Waals surface area contributed by atoms with Gasteiger partial charge in [0.15, 0.2) is 0 Å². The number of benzene rings is 1. The number of hydrogen-bond acceptors (Lipinski definition) is 3. The minimum absolute atomic E-state index is 0.0926. The third kappa shape index (κ3) is 1.93. The number of hydrogen-bond donors (Lipinski definition) is 1. The number of nitro groups is 1. The highest BCUT2D eigenvalue weighted by molar-refractivity contribution is 6.32. The van der Waals surface area contributed by atoms with Crippen LogP contribution >= 0.6 is 11.6 Å². The molecule has 0 saturated carbocycles. The third-order valence-electron chi connectivity index (χ3n) is 1.51. The van der Waals surface area contributed by atoms with Crippen LogP contribution in [0.5, 0.6) is 0 Å². The van der Waals surface area contributed by atoms with Crippen LogP contribution in [0.1, 0.15) is 5.56 Å². The Bertz CT molecular complexity index is 357. The van der Waals surface area contributed by atoms with E-state index < -0.39 is 10.7 Å². The first-order valence-electron chi connectivity index (χ1n) is 3.38. The number of rotatable bonds is 2. The van der Waals surface area contributed by atoms with Gasteiger partial charge in [-0.15, -0.1) is 0 Å². The molecule has 0 aliphatic heterocycles. The quantitative estimate of drug-likeness (QED) is 0.590. The Labute approximate surface area is 78.3 Å². The average molecular weight is 205 g/mol. The van der Waals surface area contributed by atoms with Crippen LogP contribution in [0.4, 0.5) is 10.1 Å². The van der Waals surface area contributed by atoms with Crippen LogP contribution in [0.15, 0.2) is 12.1 Å². The summed E-state index contributed by atoms with van der Waals surface area (Å²) in [7, 11) is 0. The van der Waals surface area contributed by atoms with Gasteiger partial charge in [0.25, 0.3) is 5.69 Å². The second-order valence-electron chi connectivity index (χ2n) is 2.36. The molecule has 0 radical (unpaired) electrons. The Morgan fingerprint density at radius 3 is 2.69 bits per heavy atom. The number of nitrogens with two attached hydrogens (primary N) is 1. The van der Waals surface area contributed by atoms with Crippen LogP contribution in [-0.2, 0) is 6.54 Å². The third-order valence-corrected chi connectivity index (χ3v) is 1.80. The summed E-state index contributed by atoms with van der Waals surface area (Å²) in [6, 6.07) is 1.89. The highest BCUT2D eigenvalue weighted by Gasteiger charge is 2.18. The van der Waals surface area contributed by atoms with Crippen molar-refractivity contribution in [1.82, 2.24) is 0 Å². The Balaban J connectivity index is 3.38. The van der Waals surface area contributed by atoms with Crippen LogP contribution in [-0.4, -0.2) is 4.92 Å². The standard InChI is InChI=1S/C7H6ClFN2O2/c8-6-2-5(9)1-4(3-10)7(6)11(12)13/h1-2H,3,10H2. The van der Waals surface area contributed by atoms with Gasteiger partial charge in [0.1, 0.15) is 10.8 Å². The first-order valence-corrected chi connectivity index (χ1v) is 3.76. The first-order chi connectivity index (χ1) is 6.06. The smallest absolute Gasteiger partial charge is 0.292 e. The summed E-state index contributed by atoms with van der Waals surface area (Å²) in [6.45, 7) is -0.117. The fraction of sp³-hybridized carbons (Fsp3) is 0.143. The molecule has 0 unspecified atom stereocenters. The van der Waals surface area contributed by atoms with Gasteiger partial charge in [-0.2, -0.15) is 0 Å². The molecule has 0 spiro atoms. The van der Waals surface area contributed by atoms with E-state index in [-0.39, 0.29) is 22.8 Å². The molecule has 13 heavy (non-hydrogen) atoms. The Morgan fingerprint density at radius 2 is 2.23 bits per heavy atom. The van der Waals surface area contributed by atoms with E-state index in [0.717, 1.165) is 12.1 Å². The lowest BCUT2D eigenvalue weighted by atomic mass is 10.2. The Kier molecular flexibility index (Phi) is 2.79. The molecule has 1 aromatic carbocycles. The van der Waals surface area contributed by atoms with Crippen LogP contribution in [0.25, 0.3) is 0 Å². The van der Waals surface area contributed by atoms with Crippen molar-refractivity contribution in [3.8, 4) is 0 Å². The molecule has 2 N–H and O–H groups in total. The van der Waals surface area contributed by atoms with Crippen molar-refractivity contribution in [2.75, 3.05) is 0 Å². The van der Waals surface area contributed by atoms with Gasteiger partial charge in [-0.25, -0.2) is 4.39 Å². The monoisotopic (exact) mass is 204 g/mol. The number of nitro benzene ring substituents is 1. The fourth-order valence-electron chi connectivity index (χ4n) is 0.979. The van der Waals surface area contributed by atoms with Crippen LogP contribution in [0.3, 0.4) is 0 Å². The summed E-state index contributed by atoms with van der Waals surface area (Å²) >= 11 is 5.47. The molecule has 0 heterocycles. The predicted octanol–water partition coefficient (Wildman–Crippen LogP) is 1.85. The van der Waals surface area contributed by atoms with E-state index in [4.69, 9.17) is 17.3 Å². The summed E-state index contributed by atoms with van der Waals surface area (Å²) in [5.41, 5.74) is 4.96. The molecule has 0 saturated heterocycles. The van der Waals surface area contributed by atoms with Crippen molar-refractivity contribution >= 4 is 17.3 Å². The molecule has 70 valence electrons. The second kappa shape index (κ2) is 3.68. The summed E-state index contributed by atoms with van der Waals surface area (Å²) in [4.78, 5) is 9.78. The second-order valence-corrected chi connectivity index (χ2v) is 2.76. The highest BCUT2D eigenvalue weighted by Crippen LogP contribution is 2.29. The van der Waals surface area contributed by atoms with E-state index in [0.29, 0.717) is 0 Å². The molecule has 0 aliphatic carbocycles. The van der Waals surface area contributed by atoms with Gasteiger partial charge in [0, 0.05) is 12.1 Å². The van der Waals surface area contributed by atoms with E-state index in [2.05, 4.69) is 0 Å². The lowest BCUT2D eigenvalue weighted by Gasteiger charge is -2.01. The molecular formula is C7H6ClFN2O2. The van der Waals surface area contributed by atoms with Crippen LogP contribution in [0, 0.1) is 15.9 Å². The van der Waals surface area contributed by atoms with Gasteiger partial charge < -0.3 is 5.73 Å². The number of halogens is 2. The summed E-state index contributed by atoms with van der Waals surface area (Å²) in [5.74, 6) is -0.629. The molecule has 4 nitrogen and oxygen atoms in total. The van der Waals surface area contributed by atoms with E-state index in [1.807, 2.05) is 0 Å². The maximum Gasteiger partial charge on any atom is 0.292 e. The van der Waals surface area contributed by atoms with Crippen molar-refractivity contribution in [2.45, 2.75) is 6.54 Å². The Morgan fingerprint density at radius 1 is 1.62 bits per heavy atom. The van der Waals surface area contributed by atoms with E-state index >= 15 is 0 Å². The molecule has 1 rings (SSSR count). The molecule has 0 bridgehead atoms. The normalized spacial score (nSPS) is 10.1. The van der Waals surface area contributed by atoms with Gasteiger partial charge in [-0.3, -0.25) is 10.1 Å². The van der Waals surface area contributed by atoms with E-state index in [9.17, 15) is 14.5 Å². The molecule has 0 amide bonds.